The highest BCUT2D eigenvalue weighted by molar-refractivity contribution is 6.04. The van der Waals surface area contributed by atoms with Crippen LogP contribution in [0.3, 0.4) is 0 Å². The lowest BCUT2D eigenvalue weighted by Gasteiger charge is -2.25. The second-order valence-corrected chi connectivity index (χ2v) is 5.03. The summed E-state index contributed by atoms with van der Waals surface area (Å²) in [6.45, 7) is 5.16. The van der Waals surface area contributed by atoms with E-state index in [0.29, 0.717) is 37.1 Å². The van der Waals surface area contributed by atoms with E-state index in [1.165, 1.54) is 0 Å². The Bertz CT molecular complexity index is 665. The van der Waals surface area contributed by atoms with E-state index < -0.39 is 0 Å². The zero-order chi connectivity index (χ0) is 16.1. The number of morpholine rings is 1. The lowest BCUT2D eigenvalue weighted by atomic mass is 10.2. The van der Waals surface area contributed by atoms with Gasteiger partial charge in [-0.3, -0.25) is 4.79 Å². The van der Waals surface area contributed by atoms with E-state index in [1.807, 2.05) is 24.0 Å². The van der Waals surface area contributed by atoms with Gasteiger partial charge in [-0.15, -0.1) is 0 Å². The number of hydrogen-bond donors (Lipinski definition) is 1. The van der Waals surface area contributed by atoms with E-state index in [-0.39, 0.29) is 11.6 Å². The second kappa shape index (κ2) is 7.15. The Hall–Kier alpha value is -2.54. The monoisotopic (exact) mass is 317 g/mol. The van der Waals surface area contributed by atoms with Crippen molar-refractivity contribution in [3.05, 3.63) is 36.0 Å². The summed E-state index contributed by atoms with van der Waals surface area (Å²) in [6, 6.07) is 8.92. The lowest BCUT2D eigenvalue weighted by Crippen LogP contribution is -2.35. The summed E-state index contributed by atoms with van der Waals surface area (Å²) in [6.07, 6.45) is 0. The number of para-hydroxylation sites is 2. The number of rotatable bonds is 5. The standard InChI is InChI=1S/C16H19N3O4/c1-2-22-14-6-4-3-5-12(14)17-16(20)13-11-15(23-18-13)19-7-9-21-10-8-19/h3-6,11H,2,7-10H2,1H3,(H,17,20). The summed E-state index contributed by atoms with van der Waals surface area (Å²) in [5, 5.41) is 6.65. The Kier molecular flexibility index (Phi) is 4.77. The first-order valence-electron chi connectivity index (χ1n) is 7.60. The molecule has 122 valence electrons. The fourth-order valence-corrected chi connectivity index (χ4v) is 2.34. The van der Waals surface area contributed by atoms with Gasteiger partial charge >= 0.3 is 0 Å². The summed E-state index contributed by atoms with van der Waals surface area (Å²) in [7, 11) is 0. The number of hydrogen-bond acceptors (Lipinski definition) is 6. The average molecular weight is 317 g/mol. The van der Waals surface area contributed by atoms with Crippen LogP contribution in [0.1, 0.15) is 17.4 Å². The normalized spacial score (nSPS) is 14.6. The molecule has 0 radical (unpaired) electrons. The van der Waals surface area contributed by atoms with Crippen LogP contribution in [0.4, 0.5) is 11.6 Å². The molecule has 1 aromatic carbocycles. The van der Waals surface area contributed by atoms with Crippen molar-refractivity contribution >= 4 is 17.5 Å². The third-order valence-corrected chi connectivity index (χ3v) is 3.49. The first-order chi connectivity index (χ1) is 11.3. The van der Waals surface area contributed by atoms with E-state index in [4.69, 9.17) is 14.0 Å². The molecule has 0 aliphatic carbocycles. The molecule has 1 saturated heterocycles. The molecule has 0 unspecified atom stereocenters. The lowest BCUT2D eigenvalue weighted by molar-refractivity contribution is 0.101. The number of ether oxygens (including phenoxy) is 2. The van der Waals surface area contributed by atoms with Crippen LogP contribution in [0.5, 0.6) is 5.75 Å². The molecule has 3 rings (SSSR count). The number of nitrogens with zero attached hydrogens (tertiary/aromatic N) is 2. The molecule has 7 heteroatoms. The van der Waals surface area contributed by atoms with Gasteiger partial charge in [-0.05, 0) is 19.1 Å². The SMILES string of the molecule is CCOc1ccccc1NC(=O)c1cc(N2CCOCC2)on1. The van der Waals surface area contributed by atoms with Gasteiger partial charge in [-0.2, -0.15) is 0 Å². The minimum Gasteiger partial charge on any atom is -0.492 e. The summed E-state index contributed by atoms with van der Waals surface area (Å²) in [5.41, 5.74) is 0.841. The number of anilines is 2. The quantitative estimate of drug-likeness (QED) is 0.910. The molecule has 2 aromatic rings. The predicted octanol–water partition coefficient (Wildman–Crippen LogP) is 2.16. The summed E-state index contributed by atoms with van der Waals surface area (Å²) in [5.74, 6) is 0.872. The van der Waals surface area contributed by atoms with Crippen LogP contribution in [0, 0.1) is 0 Å². The van der Waals surface area contributed by atoms with Crippen molar-refractivity contribution in [2.24, 2.45) is 0 Å². The van der Waals surface area contributed by atoms with Crippen LogP contribution in [-0.2, 0) is 4.74 Å². The van der Waals surface area contributed by atoms with Crippen molar-refractivity contribution in [2.45, 2.75) is 6.92 Å². The van der Waals surface area contributed by atoms with E-state index in [0.717, 1.165) is 13.1 Å². The van der Waals surface area contributed by atoms with Gasteiger partial charge in [0, 0.05) is 19.2 Å². The summed E-state index contributed by atoms with van der Waals surface area (Å²) >= 11 is 0. The van der Waals surface area contributed by atoms with Gasteiger partial charge in [0.15, 0.2) is 5.69 Å². The molecule has 2 heterocycles. The smallest absolute Gasteiger partial charge is 0.278 e. The summed E-state index contributed by atoms with van der Waals surface area (Å²) in [4.78, 5) is 14.3. The van der Waals surface area contributed by atoms with Crippen molar-refractivity contribution in [3.63, 3.8) is 0 Å². The van der Waals surface area contributed by atoms with Crippen molar-refractivity contribution in [1.82, 2.24) is 5.16 Å². The van der Waals surface area contributed by atoms with Crippen LogP contribution in [-0.4, -0.2) is 44.0 Å². The van der Waals surface area contributed by atoms with Gasteiger partial charge in [-0.25, -0.2) is 0 Å². The maximum absolute atomic E-state index is 12.3. The van der Waals surface area contributed by atoms with Gasteiger partial charge in [0.05, 0.1) is 25.5 Å². The first kappa shape index (κ1) is 15.4. The average Bonchev–Trinajstić information content (AvgIpc) is 3.08. The molecule has 1 fully saturated rings. The first-order valence-corrected chi connectivity index (χ1v) is 7.60. The van der Waals surface area contributed by atoms with Gasteiger partial charge in [0.25, 0.3) is 5.91 Å². The highest BCUT2D eigenvalue weighted by atomic mass is 16.5. The molecule has 0 atom stereocenters. The third-order valence-electron chi connectivity index (χ3n) is 3.49. The fraction of sp³-hybridized carbons (Fsp3) is 0.375. The van der Waals surface area contributed by atoms with Crippen molar-refractivity contribution in [3.8, 4) is 5.75 Å². The van der Waals surface area contributed by atoms with E-state index in [9.17, 15) is 4.79 Å². The Labute approximate surface area is 134 Å². The molecule has 1 N–H and O–H groups in total. The number of carbonyl (C=O) groups excluding carboxylic acids is 1. The van der Waals surface area contributed by atoms with Gasteiger partial charge in [0.2, 0.25) is 5.88 Å². The largest absolute Gasteiger partial charge is 0.492 e. The number of aromatic nitrogens is 1. The van der Waals surface area contributed by atoms with Gasteiger partial charge < -0.3 is 24.2 Å². The molecule has 23 heavy (non-hydrogen) atoms. The molecular formula is C16H19N3O4. The van der Waals surface area contributed by atoms with Crippen molar-refractivity contribution < 1.29 is 18.8 Å². The van der Waals surface area contributed by atoms with Gasteiger partial charge in [-0.1, -0.05) is 17.3 Å². The molecule has 1 aliphatic rings. The number of benzene rings is 1. The molecular weight excluding hydrogens is 298 g/mol. The molecule has 1 aliphatic heterocycles. The Morgan fingerprint density at radius 1 is 1.35 bits per heavy atom. The minimum atomic E-state index is -0.333. The van der Waals surface area contributed by atoms with Crippen molar-refractivity contribution in [2.75, 3.05) is 43.1 Å². The van der Waals surface area contributed by atoms with Crippen LogP contribution in [0.15, 0.2) is 34.9 Å². The van der Waals surface area contributed by atoms with Gasteiger partial charge in [0.1, 0.15) is 5.75 Å². The molecule has 7 nitrogen and oxygen atoms in total. The highest BCUT2D eigenvalue weighted by Gasteiger charge is 2.19. The van der Waals surface area contributed by atoms with Crippen LogP contribution in [0.2, 0.25) is 0 Å². The summed E-state index contributed by atoms with van der Waals surface area (Å²) < 4.78 is 16.1. The molecule has 0 bridgehead atoms. The molecule has 1 aromatic heterocycles. The number of nitrogens with one attached hydrogen (secondary N) is 1. The van der Waals surface area contributed by atoms with Crippen LogP contribution in [0.25, 0.3) is 0 Å². The van der Waals surface area contributed by atoms with Crippen LogP contribution < -0.4 is 15.0 Å². The molecule has 0 spiro atoms. The maximum atomic E-state index is 12.3. The Balaban J connectivity index is 1.70. The van der Waals surface area contributed by atoms with E-state index in [2.05, 4.69) is 10.5 Å². The molecule has 0 saturated carbocycles. The van der Waals surface area contributed by atoms with E-state index >= 15 is 0 Å². The second-order valence-electron chi connectivity index (χ2n) is 5.03. The highest BCUT2D eigenvalue weighted by Crippen LogP contribution is 2.25. The fourth-order valence-electron chi connectivity index (χ4n) is 2.34. The Morgan fingerprint density at radius 3 is 2.91 bits per heavy atom. The van der Waals surface area contributed by atoms with E-state index in [1.54, 1.807) is 18.2 Å². The Morgan fingerprint density at radius 2 is 2.13 bits per heavy atom. The maximum Gasteiger partial charge on any atom is 0.278 e. The predicted molar refractivity (Wildman–Crippen MR) is 85.1 cm³/mol. The minimum absolute atomic E-state index is 0.234. The molecule has 1 amide bonds. The zero-order valence-electron chi connectivity index (χ0n) is 12.9. The number of amides is 1. The van der Waals surface area contributed by atoms with Crippen molar-refractivity contribution in [1.29, 1.82) is 0 Å². The topological polar surface area (TPSA) is 76.8 Å². The zero-order valence-corrected chi connectivity index (χ0v) is 12.9. The van der Waals surface area contributed by atoms with Crippen LogP contribution >= 0.6 is 0 Å². The number of carbonyl (C=O) groups is 1. The third kappa shape index (κ3) is 3.62.